The molecule has 0 atom stereocenters. The zero-order valence-corrected chi connectivity index (χ0v) is 13.7. The summed E-state index contributed by atoms with van der Waals surface area (Å²) >= 11 is 8.23. The van der Waals surface area contributed by atoms with Crippen LogP contribution >= 0.6 is 34.2 Å². The van der Waals surface area contributed by atoms with Gasteiger partial charge in [-0.05, 0) is 53.6 Å². The van der Waals surface area contributed by atoms with Crippen LogP contribution in [0.3, 0.4) is 0 Å². The van der Waals surface area contributed by atoms with E-state index in [-0.39, 0.29) is 11.3 Å². The van der Waals surface area contributed by atoms with Crippen molar-refractivity contribution in [3.8, 4) is 0 Å². The maximum Gasteiger partial charge on any atom is 0.251 e. The molecule has 1 aromatic rings. The molecule has 100 valence electrons. The van der Waals surface area contributed by atoms with Crippen LogP contribution in [0, 0.1) is 8.99 Å². The van der Waals surface area contributed by atoms with Gasteiger partial charge in [-0.2, -0.15) is 0 Å². The van der Waals surface area contributed by atoms with Gasteiger partial charge in [-0.25, -0.2) is 0 Å². The lowest BCUT2D eigenvalue weighted by Crippen LogP contribution is -2.38. The topological polar surface area (TPSA) is 29.1 Å². The zero-order chi connectivity index (χ0) is 13.6. The molecule has 0 bridgehead atoms. The highest BCUT2D eigenvalue weighted by Gasteiger charge is 2.25. The van der Waals surface area contributed by atoms with Crippen LogP contribution in [0.2, 0.25) is 0 Å². The van der Waals surface area contributed by atoms with Gasteiger partial charge in [-0.15, -0.1) is 11.6 Å². The van der Waals surface area contributed by atoms with E-state index in [1.54, 1.807) is 0 Å². The standard InChI is InChI=1S/C14H19ClINO/c1-3-14(4-2,9-15)10-17-13(18)11-6-5-7-12(16)8-11/h5-8H,3-4,9-10H2,1-2H3,(H,17,18). The SMILES string of the molecule is CCC(CC)(CCl)CNC(=O)c1cccc(I)c1. The highest BCUT2D eigenvalue weighted by molar-refractivity contribution is 14.1. The fourth-order valence-corrected chi connectivity index (χ4v) is 2.75. The Morgan fingerprint density at radius 2 is 2.06 bits per heavy atom. The van der Waals surface area contributed by atoms with E-state index in [1.165, 1.54) is 0 Å². The first-order valence-corrected chi connectivity index (χ1v) is 7.78. The van der Waals surface area contributed by atoms with E-state index in [2.05, 4.69) is 41.8 Å². The van der Waals surface area contributed by atoms with Crippen LogP contribution in [0.4, 0.5) is 0 Å². The first kappa shape index (κ1) is 15.8. The van der Waals surface area contributed by atoms with Crippen LogP contribution in [0.15, 0.2) is 24.3 Å². The van der Waals surface area contributed by atoms with Crippen molar-refractivity contribution >= 4 is 40.1 Å². The fourth-order valence-electron chi connectivity index (χ4n) is 1.74. The first-order chi connectivity index (χ1) is 8.56. The molecule has 0 aromatic heterocycles. The molecule has 1 amide bonds. The highest BCUT2D eigenvalue weighted by atomic mass is 127. The molecule has 0 aliphatic rings. The lowest BCUT2D eigenvalue weighted by molar-refractivity contribution is 0.0931. The summed E-state index contributed by atoms with van der Waals surface area (Å²) in [6.07, 6.45) is 1.94. The molecule has 1 rings (SSSR count). The van der Waals surface area contributed by atoms with Gasteiger partial charge in [0.25, 0.3) is 5.91 Å². The normalized spacial score (nSPS) is 11.3. The Labute approximate surface area is 128 Å². The van der Waals surface area contributed by atoms with Gasteiger partial charge in [-0.1, -0.05) is 19.9 Å². The molecule has 2 nitrogen and oxygen atoms in total. The Morgan fingerprint density at radius 3 is 2.56 bits per heavy atom. The lowest BCUT2D eigenvalue weighted by atomic mass is 9.84. The summed E-state index contributed by atoms with van der Waals surface area (Å²) in [7, 11) is 0. The largest absolute Gasteiger partial charge is 0.351 e. The molecule has 4 heteroatoms. The summed E-state index contributed by atoms with van der Waals surface area (Å²) < 4.78 is 1.06. The molecule has 0 radical (unpaired) electrons. The minimum Gasteiger partial charge on any atom is -0.351 e. The maximum atomic E-state index is 12.0. The van der Waals surface area contributed by atoms with Gasteiger partial charge in [0.2, 0.25) is 0 Å². The number of benzene rings is 1. The number of amides is 1. The molecule has 0 heterocycles. The van der Waals surface area contributed by atoms with E-state index in [0.29, 0.717) is 18.0 Å². The van der Waals surface area contributed by atoms with E-state index < -0.39 is 0 Å². The molecular weight excluding hydrogens is 361 g/mol. The monoisotopic (exact) mass is 379 g/mol. The van der Waals surface area contributed by atoms with Gasteiger partial charge < -0.3 is 5.32 Å². The predicted octanol–water partition coefficient (Wildman–Crippen LogP) is 4.07. The fraction of sp³-hybridized carbons (Fsp3) is 0.500. The van der Waals surface area contributed by atoms with Crippen LogP contribution in [0.1, 0.15) is 37.0 Å². The number of alkyl halides is 1. The summed E-state index contributed by atoms with van der Waals surface area (Å²) in [4.78, 5) is 12.0. The number of nitrogens with one attached hydrogen (secondary N) is 1. The van der Waals surface area contributed by atoms with E-state index in [1.807, 2.05) is 24.3 Å². The van der Waals surface area contributed by atoms with Crippen molar-refractivity contribution in [3.63, 3.8) is 0 Å². The number of rotatable bonds is 6. The van der Waals surface area contributed by atoms with Gasteiger partial charge in [0.15, 0.2) is 0 Å². The molecule has 0 aliphatic carbocycles. The third-order valence-electron chi connectivity index (χ3n) is 3.49. The van der Waals surface area contributed by atoms with Crippen LogP contribution in [-0.4, -0.2) is 18.3 Å². The van der Waals surface area contributed by atoms with Gasteiger partial charge in [0.05, 0.1) is 0 Å². The molecule has 0 fully saturated rings. The minimum atomic E-state index is -0.0232. The molecule has 1 N–H and O–H groups in total. The molecular formula is C14H19ClINO. The Morgan fingerprint density at radius 1 is 1.39 bits per heavy atom. The number of hydrogen-bond acceptors (Lipinski definition) is 1. The van der Waals surface area contributed by atoms with Crippen LogP contribution in [-0.2, 0) is 0 Å². The lowest BCUT2D eigenvalue weighted by Gasteiger charge is -2.29. The average molecular weight is 380 g/mol. The summed E-state index contributed by atoms with van der Waals surface area (Å²) in [5.74, 6) is 0.553. The maximum absolute atomic E-state index is 12.0. The van der Waals surface area contributed by atoms with E-state index >= 15 is 0 Å². The van der Waals surface area contributed by atoms with Crippen molar-refractivity contribution in [2.24, 2.45) is 5.41 Å². The predicted molar refractivity (Wildman–Crippen MR) is 85.2 cm³/mol. The van der Waals surface area contributed by atoms with Crippen molar-refractivity contribution in [3.05, 3.63) is 33.4 Å². The summed E-state index contributed by atoms with van der Waals surface area (Å²) in [6.45, 7) is 4.86. The van der Waals surface area contributed by atoms with E-state index in [4.69, 9.17) is 11.6 Å². The molecule has 0 saturated heterocycles. The third kappa shape index (κ3) is 4.12. The second kappa shape index (κ2) is 7.34. The molecule has 1 aromatic carbocycles. The Bertz CT molecular complexity index is 396. The summed E-state index contributed by atoms with van der Waals surface area (Å²) in [5.41, 5.74) is 0.719. The number of carbonyl (C=O) groups is 1. The van der Waals surface area contributed by atoms with Gasteiger partial charge >= 0.3 is 0 Å². The average Bonchev–Trinajstić information content (AvgIpc) is 2.40. The Kier molecular flexibility index (Phi) is 6.43. The Balaban J connectivity index is 2.66. The smallest absolute Gasteiger partial charge is 0.251 e. The first-order valence-electron chi connectivity index (χ1n) is 6.16. The van der Waals surface area contributed by atoms with Crippen molar-refractivity contribution in [1.29, 1.82) is 0 Å². The molecule has 0 aliphatic heterocycles. The minimum absolute atomic E-state index is 0.0130. The third-order valence-corrected chi connectivity index (χ3v) is 4.73. The van der Waals surface area contributed by atoms with Crippen molar-refractivity contribution in [2.75, 3.05) is 12.4 Å². The quantitative estimate of drug-likeness (QED) is 0.586. The zero-order valence-electron chi connectivity index (χ0n) is 10.8. The number of halogens is 2. The number of hydrogen-bond donors (Lipinski definition) is 1. The van der Waals surface area contributed by atoms with Crippen LogP contribution < -0.4 is 5.32 Å². The van der Waals surface area contributed by atoms with Crippen molar-refractivity contribution in [2.45, 2.75) is 26.7 Å². The van der Waals surface area contributed by atoms with Crippen LogP contribution in [0.25, 0.3) is 0 Å². The molecule has 0 saturated carbocycles. The molecule has 0 spiro atoms. The summed E-state index contributed by atoms with van der Waals surface area (Å²) in [5, 5.41) is 2.99. The molecule has 0 unspecified atom stereocenters. The summed E-state index contributed by atoms with van der Waals surface area (Å²) in [6, 6.07) is 7.58. The Hall–Kier alpha value is -0.290. The van der Waals surface area contributed by atoms with Crippen molar-refractivity contribution < 1.29 is 4.79 Å². The molecule has 18 heavy (non-hydrogen) atoms. The second-order valence-corrected chi connectivity index (χ2v) is 6.05. The van der Waals surface area contributed by atoms with E-state index in [0.717, 1.165) is 16.4 Å². The highest BCUT2D eigenvalue weighted by Crippen LogP contribution is 2.27. The van der Waals surface area contributed by atoms with Crippen molar-refractivity contribution in [1.82, 2.24) is 5.32 Å². The number of carbonyl (C=O) groups excluding carboxylic acids is 1. The van der Waals surface area contributed by atoms with Gasteiger partial charge in [0.1, 0.15) is 0 Å². The van der Waals surface area contributed by atoms with Gasteiger partial charge in [0, 0.05) is 27.0 Å². The van der Waals surface area contributed by atoms with Gasteiger partial charge in [-0.3, -0.25) is 4.79 Å². The van der Waals surface area contributed by atoms with E-state index in [9.17, 15) is 4.79 Å². The van der Waals surface area contributed by atoms with Crippen LogP contribution in [0.5, 0.6) is 0 Å². The second-order valence-electron chi connectivity index (χ2n) is 4.53.